The zero-order valence-electron chi connectivity index (χ0n) is 23.2. The Morgan fingerprint density at radius 3 is 2.33 bits per heavy atom. The number of rotatable bonds is 10. The monoisotopic (exact) mass is 607 g/mol. The second kappa shape index (κ2) is 13.1. The topological polar surface area (TPSA) is 104 Å². The highest BCUT2D eigenvalue weighted by atomic mass is 35.5. The first-order valence-electron chi connectivity index (χ1n) is 14.3. The average Bonchev–Trinajstić information content (AvgIpc) is 3.19. The molecule has 3 aromatic rings. The Labute approximate surface area is 251 Å². The van der Waals surface area contributed by atoms with Crippen molar-refractivity contribution in [1.82, 2.24) is 14.5 Å². The van der Waals surface area contributed by atoms with Crippen molar-refractivity contribution in [2.75, 3.05) is 6.54 Å². The summed E-state index contributed by atoms with van der Waals surface area (Å²) in [7, 11) is -4.07. The van der Waals surface area contributed by atoms with Crippen LogP contribution in [0.1, 0.15) is 60.0 Å². The van der Waals surface area contributed by atoms with E-state index in [1.807, 2.05) is 36.4 Å². The van der Waals surface area contributed by atoms with Gasteiger partial charge in [-0.1, -0.05) is 85.5 Å². The fourth-order valence-corrected chi connectivity index (χ4v) is 7.51. The molecule has 10 heteroatoms. The molecule has 3 aromatic carbocycles. The summed E-state index contributed by atoms with van der Waals surface area (Å²) in [5.41, 5.74) is 1.71. The third-order valence-electron chi connectivity index (χ3n) is 7.91. The highest BCUT2D eigenvalue weighted by Gasteiger charge is 2.41. The lowest BCUT2D eigenvalue weighted by Crippen LogP contribution is -2.53. The van der Waals surface area contributed by atoms with E-state index in [2.05, 4.69) is 5.32 Å². The largest absolute Gasteiger partial charge is 0.352 e. The molecule has 1 saturated carbocycles. The van der Waals surface area contributed by atoms with Gasteiger partial charge in [0.05, 0.1) is 5.56 Å². The molecule has 0 saturated heterocycles. The molecule has 42 heavy (non-hydrogen) atoms. The van der Waals surface area contributed by atoms with E-state index >= 15 is 0 Å². The van der Waals surface area contributed by atoms with Gasteiger partial charge in [-0.05, 0) is 48.2 Å². The van der Waals surface area contributed by atoms with Crippen molar-refractivity contribution in [2.24, 2.45) is 0 Å². The van der Waals surface area contributed by atoms with Crippen LogP contribution in [0.2, 0.25) is 5.02 Å². The number of amides is 3. The zero-order chi connectivity index (χ0) is 29.7. The van der Waals surface area contributed by atoms with Crippen LogP contribution in [0.5, 0.6) is 0 Å². The summed E-state index contributed by atoms with van der Waals surface area (Å²) in [4.78, 5) is 42.3. The summed E-state index contributed by atoms with van der Waals surface area (Å²) in [6, 6.07) is 21.8. The minimum Gasteiger partial charge on any atom is -0.352 e. The molecule has 0 bridgehead atoms. The van der Waals surface area contributed by atoms with Crippen LogP contribution < -0.4 is 5.32 Å². The predicted molar refractivity (Wildman–Crippen MR) is 160 cm³/mol. The van der Waals surface area contributed by atoms with Gasteiger partial charge in [0, 0.05) is 37.0 Å². The fourth-order valence-electron chi connectivity index (χ4n) is 5.72. The van der Waals surface area contributed by atoms with Gasteiger partial charge in [-0.25, -0.2) is 12.7 Å². The maximum atomic E-state index is 14.0. The maximum absolute atomic E-state index is 14.0. The van der Waals surface area contributed by atoms with Crippen LogP contribution in [0.25, 0.3) is 0 Å². The maximum Gasteiger partial charge on any atom is 0.269 e. The fraction of sp³-hybridized carbons (Fsp3) is 0.344. The second-order valence-electron chi connectivity index (χ2n) is 10.8. The Hall–Kier alpha value is -3.69. The average molecular weight is 608 g/mol. The van der Waals surface area contributed by atoms with Gasteiger partial charge >= 0.3 is 0 Å². The zero-order valence-corrected chi connectivity index (χ0v) is 24.8. The third-order valence-corrected chi connectivity index (χ3v) is 9.98. The minimum atomic E-state index is -4.07. The summed E-state index contributed by atoms with van der Waals surface area (Å²) >= 11 is 6.25. The molecule has 220 valence electrons. The van der Waals surface area contributed by atoms with Gasteiger partial charge in [0.25, 0.3) is 15.9 Å². The van der Waals surface area contributed by atoms with Gasteiger partial charge in [0.2, 0.25) is 11.8 Å². The minimum absolute atomic E-state index is 0.0403. The standard InChI is InChI=1S/C32H34ClN3O5S/c33-25-13-9-12-24(20-25)22-35(30(37)18-19-36-32(39)27-16-7-8-17-29(27)42(36,40)41)28(21-23-10-3-1-4-11-23)31(38)34-26-14-5-2-6-15-26/h1,3-4,7-13,16-17,20,26,28H,2,5-6,14-15,18-19,21-22H2,(H,34,38)/t28-/m1/s1. The number of carbonyl (C=O) groups is 3. The van der Waals surface area contributed by atoms with Crippen molar-refractivity contribution in [3.8, 4) is 0 Å². The molecule has 1 aliphatic carbocycles. The van der Waals surface area contributed by atoms with E-state index in [0.717, 1.165) is 47.5 Å². The molecule has 1 heterocycles. The van der Waals surface area contributed by atoms with E-state index in [1.165, 1.54) is 17.0 Å². The molecule has 1 N–H and O–H groups in total. The Kier molecular flexibility index (Phi) is 9.28. The first kappa shape index (κ1) is 29.8. The highest BCUT2D eigenvalue weighted by Crippen LogP contribution is 2.30. The normalized spacial score (nSPS) is 17.0. The molecule has 0 spiro atoms. The Morgan fingerprint density at radius 2 is 1.62 bits per heavy atom. The smallest absolute Gasteiger partial charge is 0.269 e. The molecular weight excluding hydrogens is 574 g/mol. The molecule has 8 nitrogen and oxygen atoms in total. The third kappa shape index (κ3) is 6.68. The highest BCUT2D eigenvalue weighted by molar-refractivity contribution is 7.90. The molecule has 0 unspecified atom stereocenters. The molecule has 1 fully saturated rings. The first-order valence-corrected chi connectivity index (χ1v) is 16.1. The Morgan fingerprint density at radius 1 is 0.929 bits per heavy atom. The van der Waals surface area contributed by atoms with E-state index in [1.54, 1.807) is 30.3 Å². The van der Waals surface area contributed by atoms with E-state index in [-0.39, 0.29) is 48.3 Å². The molecule has 5 rings (SSSR count). The van der Waals surface area contributed by atoms with E-state index < -0.39 is 27.9 Å². The number of sulfonamides is 1. The summed E-state index contributed by atoms with van der Waals surface area (Å²) in [5, 5.41) is 3.68. The Balaban J connectivity index is 1.43. The molecule has 2 aliphatic rings. The summed E-state index contributed by atoms with van der Waals surface area (Å²) < 4.78 is 27.0. The van der Waals surface area contributed by atoms with Gasteiger partial charge in [-0.15, -0.1) is 0 Å². The van der Waals surface area contributed by atoms with Crippen molar-refractivity contribution in [3.63, 3.8) is 0 Å². The van der Waals surface area contributed by atoms with E-state index in [9.17, 15) is 22.8 Å². The number of benzene rings is 3. The summed E-state index contributed by atoms with van der Waals surface area (Å²) in [5.74, 6) is -1.34. The second-order valence-corrected chi connectivity index (χ2v) is 13.1. The van der Waals surface area contributed by atoms with Gasteiger partial charge in [-0.3, -0.25) is 14.4 Å². The molecule has 0 aromatic heterocycles. The van der Waals surface area contributed by atoms with Gasteiger partial charge in [-0.2, -0.15) is 0 Å². The number of nitrogens with one attached hydrogen (secondary N) is 1. The van der Waals surface area contributed by atoms with Crippen LogP contribution in [-0.4, -0.2) is 54.0 Å². The number of carbonyl (C=O) groups excluding carboxylic acids is 3. The van der Waals surface area contributed by atoms with Crippen LogP contribution in [0.3, 0.4) is 0 Å². The lowest BCUT2D eigenvalue weighted by Gasteiger charge is -2.34. The van der Waals surface area contributed by atoms with Crippen molar-refractivity contribution >= 4 is 39.3 Å². The van der Waals surface area contributed by atoms with Gasteiger partial charge in [0.15, 0.2) is 0 Å². The lowest BCUT2D eigenvalue weighted by molar-refractivity contribution is -0.141. The van der Waals surface area contributed by atoms with Crippen LogP contribution in [0.4, 0.5) is 0 Å². The van der Waals surface area contributed by atoms with E-state index in [0.29, 0.717) is 5.02 Å². The Bertz CT molecular complexity index is 1560. The summed E-state index contributed by atoms with van der Waals surface area (Å²) in [6.07, 6.45) is 5.00. The quantitative estimate of drug-likeness (QED) is 0.351. The van der Waals surface area contributed by atoms with E-state index in [4.69, 9.17) is 11.6 Å². The first-order chi connectivity index (χ1) is 20.2. The number of hydrogen-bond acceptors (Lipinski definition) is 5. The molecule has 3 amide bonds. The molecule has 1 atom stereocenters. The van der Waals surface area contributed by atoms with Gasteiger partial charge in [0.1, 0.15) is 10.9 Å². The molecule has 1 aliphatic heterocycles. The SMILES string of the molecule is O=C(NC1CCCCC1)[C@@H](Cc1ccccc1)N(Cc1cccc(Cl)c1)C(=O)CCN1C(=O)c2ccccc2S1(=O)=O. The van der Waals surface area contributed by atoms with Crippen molar-refractivity contribution in [2.45, 2.75) is 68.5 Å². The van der Waals surface area contributed by atoms with Crippen LogP contribution in [0, 0.1) is 0 Å². The van der Waals surface area contributed by atoms with Crippen molar-refractivity contribution in [1.29, 1.82) is 0 Å². The molecule has 0 radical (unpaired) electrons. The summed E-state index contributed by atoms with van der Waals surface area (Å²) in [6.45, 7) is -0.237. The number of nitrogens with zero attached hydrogens (tertiary/aromatic N) is 2. The number of halogens is 1. The van der Waals surface area contributed by atoms with Crippen LogP contribution >= 0.6 is 11.6 Å². The van der Waals surface area contributed by atoms with Crippen molar-refractivity contribution < 1.29 is 22.8 Å². The predicted octanol–water partition coefficient (Wildman–Crippen LogP) is 4.96. The number of fused-ring (bicyclic) bond motifs is 1. The van der Waals surface area contributed by atoms with Crippen molar-refractivity contribution in [3.05, 3.63) is 101 Å². The lowest BCUT2D eigenvalue weighted by atomic mass is 9.94. The molecular formula is C32H34ClN3O5S. The number of hydrogen-bond donors (Lipinski definition) is 1. The van der Waals surface area contributed by atoms with Crippen LogP contribution in [0.15, 0.2) is 83.8 Å². The van der Waals surface area contributed by atoms with Crippen LogP contribution in [-0.2, 0) is 32.6 Å². The van der Waals surface area contributed by atoms with Gasteiger partial charge < -0.3 is 10.2 Å².